The lowest BCUT2D eigenvalue weighted by molar-refractivity contribution is 0.517. The molecular weight excluding hydrogens is 244 g/mol. The number of nitrogens with one attached hydrogen (secondary N) is 1. The van der Waals surface area contributed by atoms with E-state index >= 15 is 0 Å². The van der Waals surface area contributed by atoms with Gasteiger partial charge in [-0.25, -0.2) is 0 Å². The summed E-state index contributed by atoms with van der Waals surface area (Å²) in [5.74, 6) is 0. The summed E-state index contributed by atoms with van der Waals surface area (Å²) in [6.07, 6.45) is 5.99. The van der Waals surface area contributed by atoms with Crippen LogP contribution in [0, 0.1) is 6.92 Å². The van der Waals surface area contributed by atoms with Crippen LogP contribution in [0.1, 0.15) is 48.6 Å². The van der Waals surface area contributed by atoms with Crippen molar-refractivity contribution in [3.05, 3.63) is 65.0 Å². The lowest BCUT2D eigenvalue weighted by atomic mass is 10.0. The van der Waals surface area contributed by atoms with E-state index in [2.05, 4.69) is 61.4 Å². The number of aryl methyl sites for hydroxylation is 2. The molecular formula is C18H24N2. The Morgan fingerprint density at radius 2 is 1.85 bits per heavy atom. The van der Waals surface area contributed by atoms with E-state index in [9.17, 15) is 0 Å². The molecule has 0 aliphatic heterocycles. The van der Waals surface area contributed by atoms with Crippen LogP contribution >= 0.6 is 0 Å². The normalized spacial score (nSPS) is 12.3. The third-order valence-corrected chi connectivity index (χ3v) is 3.88. The van der Waals surface area contributed by atoms with Crippen molar-refractivity contribution >= 4 is 0 Å². The first-order valence-corrected chi connectivity index (χ1v) is 7.46. The lowest BCUT2D eigenvalue weighted by Crippen LogP contribution is -2.20. The number of aromatic nitrogens is 1. The van der Waals surface area contributed by atoms with Crippen molar-refractivity contribution in [1.82, 2.24) is 10.3 Å². The van der Waals surface area contributed by atoms with Gasteiger partial charge in [0.15, 0.2) is 0 Å². The van der Waals surface area contributed by atoms with E-state index < -0.39 is 0 Å². The van der Waals surface area contributed by atoms with Gasteiger partial charge in [0.25, 0.3) is 0 Å². The average molecular weight is 268 g/mol. The highest BCUT2D eigenvalue weighted by Crippen LogP contribution is 2.18. The van der Waals surface area contributed by atoms with Gasteiger partial charge in [-0.15, -0.1) is 0 Å². The van der Waals surface area contributed by atoms with Crippen molar-refractivity contribution in [1.29, 1.82) is 0 Å². The largest absolute Gasteiger partial charge is 0.306 e. The molecule has 0 aliphatic carbocycles. The van der Waals surface area contributed by atoms with Crippen LogP contribution in [-0.4, -0.2) is 4.98 Å². The molecule has 0 spiro atoms. The molecule has 1 aromatic heterocycles. The zero-order chi connectivity index (χ0) is 14.4. The van der Waals surface area contributed by atoms with Gasteiger partial charge in [0.05, 0.1) is 0 Å². The summed E-state index contributed by atoms with van der Waals surface area (Å²) in [4.78, 5) is 4.20. The van der Waals surface area contributed by atoms with Crippen LogP contribution in [0.4, 0.5) is 0 Å². The van der Waals surface area contributed by atoms with Crippen LogP contribution in [0.15, 0.2) is 42.7 Å². The molecule has 1 N–H and O–H groups in total. The van der Waals surface area contributed by atoms with Crippen molar-refractivity contribution in [3.63, 3.8) is 0 Å². The van der Waals surface area contributed by atoms with E-state index in [1.807, 2.05) is 12.4 Å². The molecule has 106 valence electrons. The van der Waals surface area contributed by atoms with E-state index in [4.69, 9.17) is 0 Å². The number of pyridine rings is 1. The zero-order valence-corrected chi connectivity index (χ0v) is 12.7. The highest BCUT2D eigenvalue weighted by atomic mass is 14.9. The monoisotopic (exact) mass is 268 g/mol. The number of rotatable bonds is 6. The van der Waals surface area contributed by atoms with E-state index in [0.29, 0.717) is 6.04 Å². The van der Waals surface area contributed by atoms with E-state index in [1.165, 1.54) is 22.3 Å². The van der Waals surface area contributed by atoms with Gasteiger partial charge in [-0.3, -0.25) is 4.98 Å². The number of hydrogen-bond donors (Lipinski definition) is 1. The minimum absolute atomic E-state index is 0.403. The van der Waals surface area contributed by atoms with Crippen molar-refractivity contribution < 1.29 is 0 Å². The van der Waals surface area contributed by atoms with Crippen LogP contribution in [0.5, 0.6) is 0 Å². The van der Waals surface area contributed by atoms with Crippen LogP contribution in [0.3, 0.4) is 0 Å². The van der Waals surface area contributed by atoms with Crippen molar-refractivity contribution in [2.75, 3.05) is 0 Å². The SMILES string of the molecule is CCc1ccc(C(CC)NCc2cnccc2C)cc1. The highest BCUT2D eigenvalue weighted by Gasteiger charge is 2.09. The second kappa shape index (κ2) is 7.20. The smallest absolute Gasteiger partial charge is 0.0320 e. The second-order valence-corrected chi connectivity index (χ2v) is 5.24. The number of benzene rings is 1. The topological polar surface area (TPSA) is 24.9 Å². The van der Waals surface area contributed by atoms with Crippen LogP contribution < -0.4 is 5.32 Å². The fourth-order valence-corrected chi connectivity index (χ4v) is 2.40. The van der Waals surface area contributed by atoms with E-state index in [0.717, 1.165) is 19.4 Å². The lowest BCUT2D eigenvalue weighted by Gasteiger charge is -2.18. The van der Waals surface area contributed by atoms with Crippen LogP contribution in [-0.2, 0) is 13.0 Å². The summed E-state index contributed by atoms with van der Waals surface area (Å²) in [6.45, 7) is 7.42. The Balaban J connectivity index is 2.03. The maximum absolute atomic E-state index is 4.20. The molecule has 1 atom stereocenters. The predicted molar refractivity (Wildman–Crippen MR) is 84.7 cm³/mol. The third-order valence-electron chi connectivity index (χ3n) is 3.88. The highest BCUT2D eigenvalue weighted by molar-refractivity contribution is 5.26. The summed E-state index contributed by atoms with van der Waals surface area (Å²) in [5.41, 5.74) is 5.33. The Labute approximate surface area is 122 Å². The Bertz CT molecular complexity index is 531. The Kier molecular flexibility index (Phi) is 5.31. The summed E-state index contributed by atoms with van der Waals surface area (Å²) in [6, 6.07) is 11.4. The first-order chi connectivity index (χ1) is 9.74. The minimum Gasteiger partial charge on any atom is -0.306 e. The molecule has 1 unspecified atom stereocenters. The zero-order valence-electron chi connectivity index (χ0n) is 12.7. The Hall–Kier alpha value is -1.67. The van der Waals surface area contributed by atoms with Crippen LogP contribution in [0.2, 0.25) is 0 Å². The van der Waals surface area contributed by atoms with Gasteiger partial charge in [0.2, 0.25) is 0 Å². The summed E-state index contributed by atoms with van der Waals surface area (Å²) < 4.78 is 0. The number of nitrogens with zero attached hydrogens (tertiary/aromatic N) is 1. The molecule has 2 aromatic rings. The average Bonchev–Trinajstić information content (AvgIpc) is 2.50. The van der Waals surface area contributed by atoms with Gasteiger partial charge < -0.3 is 5.32 Å². The molecule has 2 rings (SSSR count). The molecule has 2 heteroatoms. The summed E-state index contributed by atoms with van der Waals surface area (Å²) in [5, 5.41) is 3.64. The standard InChI is InChI=1S/C18H24N2/c1-4-15-6-8-16(9-7-15)18(5-2)20-13-17-12-19-11-10-14(17)3/h6-12,18,20H,4-5,13H2,1-3H3. The fourth-order valence-electron chi connectivity index (χ4n) is 2.40. The molecule has 0 bridgehead atoms. The maximum Gasteiger partial charge on any atom is 0.0320 e. The minimum atomic E-state index is 0.403. The van der Waals surface area contributed by atoms with Gasteiger partial charge in [0.1, 0.15) is 0 Å². The van der Waals surface area contributed by atoms with Gasteiger partial charge >= 0.3 is 0 Å². The molecule has 0 fully saturated rings. The number of hydrogen-bond acceptors (Lipinski definition) is 2. The third kappa shape index (κ3) is 3.67. The Morgan fingerprint density at radius 3 is 2.45 bits per heavy atom. The maximum atomic E-state index is 4.20. The molecule has 0 saturated carbocycles. The molecule has 0 amide bonds. The van der Waals surface area contributed by atoms with E-state index in [-0.39, 0.29) is 0 Å². The summed E-state index contributed by atoms with van der Waals surface area (Å²) in [7, 11) is 0. The first-order valence-electron chi connectivity index (χ1n) is 7.46. The van der Waals surface area contributed by atoms with Crippen molar-refractivity contribution in [2.45, 2.75) is 46.2 Å². The Morgan fingerprint density at radius 1 is 1.10 bits per heavy atom. The van der Waals surface area contributed by atoms with Gasteiger partial charge in [-0.2, -0.15) is 0 Å². The van der Waals surface area contributed by atoms with Crippen LogP contribution in [0.25, 0.3) is 0 Å². The molecule has 2 nitrogen and oxygen atoms in total. The molecule has 20 heavy (non-hydrogen) atoms. The molecule has 0 radical (unpaired) electrons. The van der Waals surface area contributed by atoms with Crippen molar-refractivity contribution in [3.8, 4) is 0 Å². The molecule has 1 heterocycles. The summed E-state index contributed by atoms with van der Waals surface area (Å²) >= 11 is 0. The van der Waals surface area contributed by atoms with Gasteiger partial charge in [-0.05, 0) is 48.1 Å². The fraction of sp³-hybridized carbons (Fsp3) is 0.389. The van der Waals surface area contributed by atoms with Crippen molar-refractivity contribution in [2.24, 2.45) is 0 Å². The van der Waals surface area contributed by atoms with E-state index in [1.54, 1.807) is 0 Å². The first kappa shape index (κ1) is 14.7. The second-order valence-electron chi connectivity index (χ2n) is 5.24. The van der Waals surface area contributed by atoms with Gasteiger partial charge in [0, 0.05) is 25.0 Å². The molecule has 1 aromatic carbocycles. The molecule has 0 saturated heterocycles. The molecule has 0 aliphatic rings. The predicted octanol–water partition coefficient (Wildman–Crippen LogP) is 4.19. The quantitative estimate of drug-likeness (QED) is 0.849. The van der Waals surface area contributed by atoms with Gasteiger partial charge in [-0.1, -0.05) is 38.1 Å².